The van der Waals surface area contributed by atoms with Gasteiger partial charge in [-0.05, 0) is 12.1 Å². The molecule has 0 saturated carbocycles. The molecule has 5 N–H and O–H groups in total. The molecule has 1 aromatic heterocycles. The number of nitrogens with two attached hydrogens (primary N) is 2. The molecule has 0 spiro atoms. The Hall–Kier alpha value is -3.23. The number of hydrazine groups is 1. The largest absolute Gasteiger partial charge is 0.368 e. The van der Waals surface area contributed by atoms with Crippen molar-refractivity contribution in [3.63, 3.8) is 0 Å². The number of hydrogen-bond acceptors (Lipinski definition) is 8. The fourth-order valence-electron chi connectivity index (χ4n) is 1.85. The smallest absolute Gasteiger partial charge is 0.280 e. The zero-order chi connectivity index (χ0) is 14.3. The fraction of sp³-hybridized carbons (Fsp3) is 0. The Bertz CT molecular complexity index is 675. The van der Waals surface area contributed by atoms with Gasteiger partial charge in [-0.1, -0.05) is 12.1 Å². The van der Waals surface area contributed by atoms with Crippen LogP contribution in [0.25, 0.3) is 0 Å². The summed E-state index contributed by atoms with van der Waals surface area (Å²) in [6.45, 7) is 0. The van der Waals surface area contributed by atoms with Gasteiger partial charge in [0, 0.05) is 0 Å². The molecule has 1 aliphatic rings. The van der Waals surface area contributed by atoms with Crippen LogP contribution in [0.2, 0.25) is 0 Å². The average Bonchev–Trinajstić information content (AvgIpc) is 2.64. The van der Waals surface area contributed by atoms with Gasteiger partial charge in [0.15, 0.2) is 0 Å². The van der Waals surface area contributed by atoms with Gasteiger partial charge in [0.25, 0.3) is 11.8 Å². The highest BCUT2D eigenvalue weighted by atomic mass is 16.2. The van der Waals surface area contributed by atoms with Crippen molar-refractivity contribution in [2.24, 2.45) is 0 Å². The fourth-order valence-corrected chi connectivity index (χ4v) is 1.85. The molecule has 0 saturated heterocycles. The molecule has 2 aromatic rings. The van der Waals surface area contributed by atoms with Gasteiger partial charge in [-0.15, -0.1) is 0 Å². The molecule has 100 valence electrons. The number of nitrogens with one attached hydrogen (secondary N) is 1. The summed E-state index contributed by atoms with van der Waals surface area (Å²) in [5, 5.41) is 0.804. The number of amides is 2. The highest BCUT2D eigenvalue weighted by Gasteiger charge is 2.36. The van der Waals surface area contributed by atoms with Crippen LogP contribution in [-0.2, 0) is 0 Å². The van der Waals surface area contributed by atoms with E-state index in [1.165, 1.54) is 0 Å². The zero-order valence-corrected chi connectivity index (χ0v) is 10.1. The normalized spacial score (nSPS) is 13.5. The first kappa shape index (κ1) is 11.8. The summed E-state index contributed by atoms with van der Waals surface area (Å²) in [6.07, 6.45) is 0. The number of nitrogen functional groups attached to an aromatic ring is 2. The standard InChI is InChI=1S/C11H9N7O2/c12-9-14-10(13)16-11(15-9)17-18-7(19)5-3-1-2-4-6(5)8(18)20/h1-4H,(H5,12,13,14,15,16,17). The van der Waals surface area contributed by atoms with E-state index in [4.69, 9.17) is 11.5 Å². The van der Waals surface area contributed by atoms with Gasteiger partial charge in [-0.25, -0.2) is 0 Å². The average molecular weight is 271 g/mol. The summed E-state index contributed by atoms with van der Waals surface area (Å²) in [5.41, 5.74) is 13.9. The van der Waals surface area contributed by atoms with Crippen molar-refractivity contribution in [3.05, 3.63) is 35.4 Å². The minimum absolute atomic E-state index is 0.0792. The van der Waals surface area contributed by atoms with E-state index >= 15 is 0 Å². The maximum Gasteiger partial charge on any atom is 0.280 e. The second-order valence-electron chi connectivity index (χ2n) is 3.98. The Morgan fingerprint density at radius 1 is 0.900 bits per heavy atom. The Morgan fingerprint density at radius 2 is 1.40 bits per heavy atom. The molecule has 9 heteroatoms. The van der Waals surface area contributed by atoms with E-state index in [1.54, 1.807) is 24.3 Å². The lowest BCUT2D eigenvalue weighted by atomic mass is 10.1. The van der Waals surface area contributed by atoms with E-state index in [2.05, 4.69) is 20.4 Å². The monoisotopic (exact) mass is 271 g/mol. The third-order valence-electron chi connectivity index (χ3n) is 2.68. The van der Waals surface area contributed by atoms with Gasteiger partial charge in [-0.2, -0.15) is 20.0 Å². The molecule has 0 aliphatic carbocycles. The Labute approximate surface area is 112 Å². The van der Waals surface area contributed by atoms with Crippen LogP contribution in [0.4, 0.5) is 17.8 Å². The number of carbonyl (C=O) groups is 2. The molecule has 0 fully saturated rings. The van der Waals surface area contributed by atoms with Gasteiger partial charge in [-0.3, -0.25) is 15.0 Å². The molecule has 1 aromatic carbocycles. The van der Waals surface area contributed by atoms with Crippen molar-refractivity contribution < 1.29 is 9.59 Å². The van der Waals surface area contributed by atoms with Crippen LogP contribution in [0.1, 0.15) is 20.7 Å². The minimum Gasteiger partial charge on any atom is -0.368 e. The van der Waals surface area contributed by atoms with Gasteiger partial charge in [0.05, 0.1) is 11.1 Å². The van der Waals surface area contributed by atoms with Crippen molar-refractivity contribution >= 4 is 29.7 Å². The van der Waals surface area contributed by atoms with Gasteiger partial charge < -0.3 is 11.5 Å². The van der Waals surface area contributed by atoms with Crippen molar-refractivity contribution in [2.45, 2.75) is 0 Å². The number of benzene rings is 1. The SMILES string of the molecule is Nc1nc(N)nc(NN2C(=O)c3ccccc3C2=O)n1. The van der Waals surface area contributed by atoms with Crippen LogP contribution in [0.15, 0.2) is 24.3 Å². The van der Waals surface area contributed by atoms with Crippen molar-refractivity contribution in [3.8, 4) is 0 Å². The molecule has 2 amide bonds. The number of rotatable bonds is 2. The summed E-state index contributed by atoms with van der Waals surface area (Å²) < 4.78 is 0. The van der Waals surface area contributed by atoms with Crippen molar-refractivity contribution in [2.75, 3.05) is 16.9 Å². The Kier molecular flexibility index (Phi) is 2.46. The van der Waals surface area contributed by atoms with E-state index < -0.39 is 11.8 Å². The summed E-state index contributed by atoms with van der Waals surface area (Å²) >= 11 is 0. The van der Waals surface area contributed by atoms with Crippen LogP contribution in [0, 0.1) is 0 Å². The summed E-state index contributed by atoms with van der Waals surface area (Å²) in [4.78, 5) is 35.3. The third kappa shape index (κ3) is 1.77. The molecule has 0 radical (unpaired) electrons. The topological polar surface area (TPSA) is 140 Å². The second kappa shape index (κ2) is 4.16. The Balaban J connectivity index is 1.93. The van der Waals surface area contributed by atoms with Crippen LogP contribution >= 0.6 is 0 Å². The third-order valence-corrected chi connectivity index (χ3v) is 2.68. The first-order valence-electron chi connectivity index (χ1n) is 5.58. The summed E-state index contributed by atoms with van der Waals surface area (Å²) in [5.74, 6) is -1.30. The molecule has 1 aliphatic heterocycles. The number of aromatic nitrogens is 3. The quantitative estimate of drug-likeness (QED) is 0.630. The van der Waals surface area contributed by atoms with Crippen LogP contribution < -0.4 is 16.9 Å². The number of fused-ring (bicyclic) bond motifs is 1. The van der Waals surface area contributed by atoms with Crippen molar-refractivity contribution in [1.82, 2.24) is 20.0 Å². The Morgan fingerprint density at radius 3 is 1.90 bits per heavy atom. The van der Waals surface area contributed by atoms with Gasteiger partial charge in [0.1, 0.15) is 0 Å². The molecular weight excluding hydrogens is 262 g/mol. The number of hydrogen-bond donors (Lipinski definition) is 3. The lowest BCUT2D eigenvalue weighted by Crippen LogP contribution is -2.36. The molecule has 9 nitrogen and oxygen atoms in total. The molecule has 0 atom stereocenters. The maximum absolute atomic E-state index is 12.1. The minimum atomic E-state index is -0.497. The molecular formula is C11H9N7O2. The second-order valence-corrected chi connectivity index (χ2v) is 3.98. The molecule has 3 rings (SSSR count). The molecule has 2 heterocycles. The molecule has 20 heavy (non-hydrogen) atoms. The van der Waals surface area contributed by atoms with E-state index in [0.29, 0.717) is 11.1 Å². The lowest BCUT2D eigenvalue weighted by Gasteiger charge is -2.14. The lowest BCUT2D eigenvalue weighted by molar-refractivity contribution is 0.0690. The number of nitrogens with zero attached hydrogens (tertiary/aromatic N) is 4. The maximum atomic E-state index is 12.1. The first-order valence-corrected chi connectivity index (χ1v) is 5.58. The van der Waals surface area contributed by atoms with Crippen LogP contribution in [0.3, 0.4) is 0 Å². The summed E-state index contributed by atoms with van der Waals surface area (Å²) in [7, 11) is 0. The summed E-state index contributed by atoms with van der Waals surface area (Å²) in [6, 6.07) is 6.47. The first-order chi connectivity index (χ1) is 9.56. The highest BCUT2D eigenvalue weighted by Crippen LogP contribution is 2.22. The van der Waals surface area contributed by atoms with E-state index in [9.17, 15) is 9.59 Å². The van der Waals surface area contributed by atoms with Crippen molar-refractivity contribution in [1.29, 1.82) is 0 Å². The predicted molar refractivity (Wildman–Crippen MR) is 69.2 cm³/mol. The van der Waals surface area contributed by atoms with E-state index in [1.807, 2.05) is 0 Å². The zero-order valence-electron chi connectivity index (χ0n) is 10.1. The van der Waals surface area contributed by atoms with Gasteiger partial charge in [0.2, 0.25) is 17.8 Å². The number of imide groups is 1. The predicted octanol–water partition coefficient (Wildman–Crippen LogP) is -0.341. The molecule has 0 bridgehead atoms. The van der Waals surface area contributed by atoms with Crippen LogP contribution in [0.5, 0.6) is 0 Å². The van der Waals surface area contributed by atoms with Crippen LogP contribution in [-0.4, -0.2) is 31.8 Å². The number of anilines is 3. The van der Waals surface area contributed by atoms with Gasteiger partial charge >= 0.3 is 0 Å². The number of carbonyl (C=O) groups excluding carboxylic acids is 2. The van der Waals surface area contributed by atoms with E-state index in [-0.39, 0.29) is 17.8 Å². The van der Waals surface area contributed by atoms with E-state index in [0.717, 1.165) is 5.01 Å². The highest BCUT2D eigenvalue weighted by molar-refractivity contribution is 6.21. The molecule has 0 unspecified atom stereocenters.